The number of nitrogens with one attached hydrogen (secondary N) is 1. The first-order valence-corrected chi connectivity index (χ1v) is 11.4. The quantitative estimate of drug-likeness (QED) is 0.528. The van der Waals surface area contributed by atoms with E-state index in [1.165, 1.54) is 4.90 Å². The van der Waals surface area contributed by atoms with Gasteiger partial charge in [0.25, 0.3) is 5.91 Å². The van der Waals surface area contributed by atoms with Crippen LogP contribution in [-0.2, 0) is 16.1 Å². The maximum absolute atomic E-state index is 13.3. The van der Waals surface area contributed by atoms with E-state index in [9.17, 15) is 9.59 Å². The number of carbonyl (C=O) groups excluding carboxylic acids is 2. The fraction of sp³-hybridized carbons (Fsp3) is 0.440. The molecule has 1 atom stereocenters. The zero-order chi connectivity index (χ0) is 24.1. The normalized spacial score (nSPS) is 12.2. The predicted octanol–water partition coefficient (Wildman–Crippen LogP) is 5.71. The molecule has 0 radical (unpaired) electrons. The smallest absolute Gasteiger partial charge is 0.261 e. The summed E-state index contributed by atoms with van der Waals surface area (Å²) in [4.78, 5) is 27.9. The first-order valence-electron chi connectivity index (χ1n) is 10.7. The van der Waals surface area contributed by atoms with E-state index in [1.54, 1.807) is 18.2 Å². The fourth-order valence-corrected chi connectivity index (χ4v) is 3.76. The lowest BCUT2D eigenvalue weighted by molar-refractivity contribution is -0.143. The SMILES string of the molecule is CCC(C(=O)NC(C)(C)C)N(Cc1ccc(Cl)cc1Cl)C(=O)COc1cc(C)ccc1C. The fourth-order valence-electron chi connectivity index (χ4n) is 3.29. The van der Waals surface area contributed by atoms with E-state index in [4.69, 9.17) is 27.9 Å². The van der Waals surface area contributed by atoms with Crippen LogP contribution in [-0.4, -0.2) is 34.9 Å². The first-order chi connectivity index (χ1) is 14.9. The van der Waals surface area contributed by atoms with Crippen LogP contribution in [0.3, 0.4) is 0 Å². The summed E-state index contributed by atoms with van der Waals surface area (Å²) in [6.07, 6.45) is 0.447. The Morgan fingerprint density at radius 2 is 1.78 bits per heavy atom. The average Bonchev–Trinajstić information content (AvgIpc) is 2.68. The molecule has 2 rings (SSSR count). The molecule has 0 aromatic heterocycles. The Hall–Kier alpha value is -2.24. The number of nitrogens with zero attached hydrogens (tertiary/aromatic N) is 1. The summed E-state index contributed by atoms with van der Waals surface area (Å²) in [5.74, 6) is 0.132. The number of rotatable bonds is 8. The molecule has 0 saturated carbocycles. The van der Waals surface area contributed by atoms with Gasteiger partial charge in [-0.1, -0.05) is 48.3 Å². The molecule has 1 N–H and O–H groups in total. The highest BCUT2D eigenvalue weighted by molar-refractivity contribution is 6.35. The molecule has 2 aromatic rings. The molecule has 5 nitrogen and oxygen atoms in total. The van der Waals surface area contributed by atoms with Crippen LogP contribution < -0.4 is 10.1 Å². The molecule has 0 aliphatic heterocycles. The summed E-state index contributed by atoms with van der Waals surface area (Å²) >= 11 is 12.4. The van der Waals surface area contributed by atoms with E-state index in [0.717, 1.165) is 11.1 Å². The molecular formula is C25H32Cl2N2O3. The Bertz CT molecular complexity index is 970. The summed E-state index contributed by atoms with van der Waals surface area (Å²) < 4.78 is 5.85. The number of carbonyl (C=O) groups is 2. The molecule has 1 unspecified atom stereocenters. The van der Waals surface area contributed by atoms with Crippen molar-refractivity contribution in [3.8, 4) is 5.75 Å². The molecular weight excluding hydrogens is 447 g/mol. The molecule has 2 amide bonds. The molecule has 0 bridgehead atoms. The standard InChI is InChI=1S/C25H32Cl2N2O3/c1-7-21(24(31)28-25(4,5)6)29(14-18-10-11-19(26)13-20(18)27)23(30)15-32-22-12-16(2)8-9-17(22)3/h8-13,21H,7,14-15H2,1-6H3,(H,28,31). The first kappa shape index (κ1) is 26.0. The molecule has 32 heavy (non-hydrogen) atoms. The van der Waals surface area contributed by atoms with Gasteiger partial charge in [0, 0.05) is 22.1 Å². The lowest BCUT2D eigenvalue weighted by Gasteiger charge is -2.33. The number of hydrogen-bond acceptors (Lipinski definition) is 3. The third kappa shape index (κ3) is 7.42. The highest BCUT2D eigenvalue weighted by atomic mass is 35.5. The van der Waals surface area contributed by atoms with Gasteiger partial charge >= 0.3 is 0 Å². The van der Waals surface area contributed by atoms with Crippen molar-refractivity contribution in [3.63, 3.8) is 0 Å². The van der Waals surface area contributed by atoms with E-state index in [-0.39, 0.29) is 25.0 Å². The molecule has 7 heteroatoms. The van der Waals surface area contributed by atoms with Gasteiger partial charge in [0.2, 0.25) is 5.91 Å². The number of ether oxygens (including phenoxy) is 1. The Labute approximate surface area is 201 Å². The summed E-state index contributed by atoms with van der Waals surface area (Å²) in [6, 6.07) is 10.3. The van der Waals surface area contributed by atoms with Gasteiger partial charge in [0.15, 0.2) is 6.61 Å². The maximum atomic E-state index is 13.3. The summed E-state index contributed by atoms with van der Waals surface area (Å²) in [7, 11) is 0. The number of halogens is 2. The Morgan fingerprint density at radius 3 is 2.38 bits per heavy atom. The van der Waals surface area contributed by atoms with Gasteiger partial charge in [-0.25, -0.2) is 0 Å². The minimum atomic E-state index is -0.671. The summed E-state index contributed by atoms with van der Waals surface area (Å²) in [6.45, 7) is 11.5. The summed E-state index contributed by atoms with van der Waals surface area (Å²) in [5, 5.41) is 3.93. The highest BCUT2D eigenvalue weighted by Crippen LogP contribution is 2.24. The highest BCUT2D eigenvalue weighted by Gasteiger charge is 2.31. The van der Waals surface area contributed by atoms with Crippen molar-refractivity contribution in [3.05, 3.63) is 63.1 Å². The van der Waals surface area contributed by atoms with E-state index >= 15 is 0 Å². The molecule has 0 aliphatic rings. The van der Waals surface area contributed by atoms with Crippen LogP contribution in [0.25, 0.3) is 0 Å². The second kappa shape index (κ2) is 11.1. The van der Waals surface area contributed by atoms with E-state index < -0.39 is 11.6 Å². The largest absolute Gasteiger partial charge is 0.483 e. The minimum absolute atomic E-state index is 0.168. The van der Waals surface area contributed by atoms with Crippen molar-refractivity contribution in [1.29, 1.82) is 0 Å². The van der Waals surface area contributed by atoms with Crippen LogP contribution in [0, 0.1) is 13.8 Å². The molecule has 0 fully saturated rings. The topological polar surface area (TPSA) is 58.6 Å². The number of benzene rings is 2. The zero-order valence-electron chi connectivity index (χ0n) is 19.6. The van der Waals surface area contributed by atoms with Crippen LogP contribution in [0.4, 0.5) is 0 Å². The molecule has 0 saturated heterocycles. The second-order valence-corrected chi connectivity index (χ2v) is 9.82. The lowest BCUT2D eigenvalue weighted by Crippen LogP contribution is -2.54. The van der Waals surface area contributed by atoms with Crippen molar-refractivity contribution in [1.82, 2.24) is 10.2 Å². The van der Waals surface area contributed by atoms with Gasteiger partial charge in [0.1, 0.15) is 11.8 Å². The number of hydrogen-bond donors (Lipinski definition) is 1. The van der Waals surface area contributed by atoms with Gasteiger partial charge in [-0.05, 0) is 75.9 Å². The van der Waals surface area contributed by atoms with Gasteiger partial charge in [0.05, 0.1) is 0 Å². The number of amides is 2. The van der Waals surface area contributed by atoms with Crippen LogP contribution in [0.5, 0.6) is 5.75 Å². The van der Waals surface area contributed by atoms with Crippen LogP contribution in [0.2, 0.25) is 10.0 Å². The van der Waals surface area contributed by atoms with E-state index in [2.05, 4.69) is 5.32 Å². The maximum Gasteiger partial charge on any atom is 0.261 e. The summed E-state index contributed by atoms with van der Waals surface area (Å²) in [5.41, 5.74) is 2.26. The Kier molecular flexibility index (Phi) is 8.99. The second-order valence-electron chi connectivity index (χ2n) is 8.98. The molecule has 174 valence electrons. The number of aryl methyl sites for hydroxylation is 2. The predicted molar refractivity (Wildman–Crippen MR) is 130 cm³/mol. The monoisotopic (exact) mass is 478 g/mol. The molecule has 2 aromatic carbocycles. The average molecular weight is 479 g/mol. The third-order valence-corrected chi connectivity index (χ3v) is 5.52. The van der Waals surface area contributed by atoms with Crippen molar-refractivity contribution >= 4 is 35.0 Å². The van der Waals surface area contributed by atoms with Crippen LogP contribution >= 0.6 is 23.2 Å². The molecule has 0 heterocycles. The van der Waals surface area contributed by atoms with Crippen molar-refractivity contribution in [2.75, 3.05) is 6.61 Å². The van der Waals surface area contributed by atoms with Crippen molar-refractivity contribution < 1.29 is 14.3 Å². The van der Waals surface area contributed by atoms with E-state index in [1.807, 2.05) is 59.7 Å². The van der Waals surface area contributed by atoms with E-state index in [0.29, 0.717) is 27.8 Å². The van der Waals surface area contributed by atoms with Crippen molar-refractivity contribution in [2.24, 2.45) is 0 Å². The van der Waals surface area contributed by atoms with Gasteiger partial charge < -0.3 is 15.0 Å². The third-order valence-electron chi connectivity index (χ3n) is 4.93. The van der Waals surface area contributed by atoms with Crippen LogP contribution in [0.1, 0.15) is 50.8 Å². The minimum Gasteiger partial charge on any atom is -0.483 e. The van der Waals surface area contributed by atoms with Crippen molar-refractivity contribution in [2.45, 2.75) is 66.1 Å². The molecule has 0 spiro atoms. The van der Waals surface area contributed by atoms with Gasteiger partial charge in [-0.3, -0.25) is 9.59 Å². The Morgan fingerprint density at radius 1 is 1.09 bits per heavy atom. The zero-order valence-corrected chi connectivity index (χ0v) is 21.1. The molecule has 0 aliphatic carbocycles. The van der Waals surface area contributed by atoms with Gasteiger partial charge in [-0.15, -0.1) is 0 Å². The Balaban J connectivity index is 2.31. The lowest BCUT2D eigenvalue weighted by atomic mass is 10.1. The van der Waals surface area contributed by atoms with Crippen LogP contribution in [0.15, 0.2) is 36.4 Å². The van der Waals surface area contributed by atoms with Gasteiger partial charge in [-0.2, -0.15) is 0 Å².